The third kappa shape index (κ3) is 4.60. The number of hydrogen-bond acceptors (Lipinski definition) is 4. The van der Waals surface area contributed by atoms with Crippen LogP contribution in [0.25, 0.3) is 11.1 Å². The van der Waals surface area contributed by atoms with Crippen LogP contribution in [0.15, 0.2) is 48.5 Å². The van der Waals surface area contributed by atoms with Gasteiger partial charge in [0.05, 0.1) is 6.10 Å². The molecule has 3 rings (SSSR count). The third-order valence-corrected chi connectivity index (χ3v) is 5.13. The van der Waals surface area contributed by atoms with Gasteiger partial charge in [-0.15, -0.1) is 12.3 Å². The lowest BCUT2D eigenvalue weighted by Crippen LogP contribution is -2.43. The molecule has 1 aliphatic carbocycles. The van der Waals surface area contributed by atoms with E-state index in [2.05, 4.69) is 23.4 Å². The van der Waals surface area contributed by atoms with Gasteiger partial charge in [0.15, 0.2) is 0 Å². The Hall–Kier alpha value is -3.26. The summed E-state index contributed by atoms with van der Waals surface area (Å²) in [5.41, 5.74) is 4.55. The summed E-state index contributed by atoms with van der Waals surface area (Å²) in [6.07, 6.45) is 5.13. The summed E-state index contributed by atoms with van der Waals surface area (Å²) >= 11 is 0. The minimum atomic E-state index is -0.926. The van der Waals surface area contributed by atoms with E-state index in [9.17, 15) is 9.59 Å². The molecule has 0 heterocycles. The normalized spacial score (nSPS) is 14.1. The maximum atomic E-state index is 12.4. The number of esters is 1. The molecule has 1 N–H and O–H groups in total. The van der Waals surface area contributed by atoms with Crippen LogP contribution in [0, 0.1) is 12.3 Å². The molecule has 2 aromatic rings. The Kier molecular flexibility index (Phi) is 6.56. The van der Waals surface area contributed by atoms with Crippen LogP contribution in [0.3, 0.4) is 0 Å². The first-order chi connectivity index (χ1) is 14.0. The van der Waals surface area contributed by atoms with Gasteiger partial charge in [-0.1, -0.05) is 55.5 Å². The van der Waals surface area contributed by atoms with E-state index in [0.29, 0.717) is 6.42 Å². The predicted octanol–water partition coefficient (Wildman–Crippen LogP) is 4.26. The first kappa shape index (κ1) is 20.5. The van der Waals surface area contributed by atoms with E-state index in [-0.39, 0.29) is 25.0 Å². The topological polar surface area (TPSA) is 64.6 Å². The van der Waals surface area contributed by atoms with Crippen LogP contribution in [0.4, 0.5) is 4.79 Å². The molecule has 2 atom stereocenters. The lowest BCUT2D eigenvalue weighted by atomic mass is 9.98. The molecule has 2 unspecified atom stereocenters. The van der Waals surface area contributed by atoms with Crippen LogP contribution < -0.4 is 5.32 Å². The molecule has 0 aliphatic heterocycles. The Morgan fingerprint density at radius 3 is 2.24 bits per heavy atom. The maximum Gasteiger partial charge on any atom is 0.407 e. The lowest BCUT2D eigenvalue weighted by molar-refractivity contribution is -0.150. The van der Waals surface area contributed by atoms with Crippen LogP contribution in [-0.4, -0.2) is 30.8 Å². The first-order valence-corrected chi connectivity index (χ1v) is 9.80. The fourth-order valence-corrected chi connectivity index (χ4v) is 3.46. The number of amides is 1. The Bertz CT molecular complexity index is 885. The van der Waals surface area contributed by atoms with Gasteiger partial charge in [-0.25, -0.2) is 9.59 Å². The molecular weight excluding hydrogens is 366 g/mol. The van der Waals surface area contributed by atoms with Crippen LogP contribution in [0.5, 0.6) is 0 Å². The molecule has 0 saturated heterocycles. The van der Waals surface area contributed by atoms with E-state index in [0.717, 1.165) is 22.3 Å². The van der Waals surface area contributed by atoms with Gasteiger partial charge in [0.25, 0.3) is 0 Å². The third-order valence-electron chi connectivity index (χ3n) is 5.13. The molecule has 0 spiro atoms. The van der Waals surface area contributed by atoms with Crippen molar-refractivity contribution in [3.63, 3.8) is 0 Å². The second-order valence-electron chi connectivity index (χ2n) is 7.09. The van der Waals surface area contributed by atoms with Crippen LogP contribution in [-0.2, 0) is 14.3 Å². The second-order valence-corrected chi connectivity index (χ2v) is 7.09. The second kappa shape index (κ2) is 9.29. The number of ether oxygens (including phenoxy) is 2. The summed E-state index contributed by atoms with van der Waals surface area (Å²) in [5, 5.41) is 2.54. The SMILES string of the molecule is C#CCC(NC(=O)OCC1c2ccccc2-c2ccccc21)C(=O)OC(C)CC. The van der Waals surface area contributed by atoms with Crippen molar-refractivity contribution >= 4 is 12.1 Å². The largest absolute Gasteiger partial charge is 0.461 e. The molecule has 2 aromatic carbocycles. The summed E-state index contributed by atoms with van der Waals surface area (Å²) in [4.78, 5) is 24.6. The standard InChI is InChI=1S/C24H25NO4/c1-4-10-22(23(26)29-16(3)5-2)25-24(27)28-15-21-19-13-8-6-11-17(19)18-12-7-9-14-20(18)21/h1,6-9,11-14,16,21-22H,5,10,15H2,2-3H3,(H,25,27). The van der Waals surface area contributed by atoms with Crippen molar-refractivity contribution in [3.05, 3.63) is 59.7 Å². The van der Waals surface area contributed by atoms with E-state index in [1.165, 1.54) is 0 Å². The van der Waals surface area contributed by atoms with Crippen molar-refractivity contribution in [2.24, 2.45) is 0 Å². The van der Waals surface area contributed by atoms with E-state index in [4.69, 9.17) is 15.9 Å². The molecule has 1 amide bonds. The Labute approximate surface area is 171 Å². The number of hydrogen-bond donors (Lipinski definition) is 1. The molecule has 0 fully saturated rings. The van der Waals surface area contributed by atoms with Crippen molar-refractivity contribution in [1.82, 2.24) is 5.32 Å². The van der Waals surface area contributed by atoms with Gasteiger partial charge < -0.3 is 14.8 Å². The number of carbonyl (C=O) groups is 2. The van der Waals surface area contributed by atoms with Crippen molar-refractivity contribution in [3.8, 4) is 23.5 Å². The molecule has 5 heteroatoms. The van der Waals surface area contributed by atoms with E-state index >= 15 is 0 Å². The summed E-state index contributed by atoms with van der Waals surface area (Å²) in [6, 6.07) is 15.3. The monoisotopic (exact) mass is 391 g/mol. The van der Waals surface area contributed by atoms with Gasteiger partial charge >= 0.3 is 12.1 Å². The number of alkyl carbamates (subject to hydrolysis) is 1. The highest BCUT2D eigenvalue weighted by molar-refractivity contribution is 5.82. The summed E-state index contributed by atoms with van der Waals surface area (Å²) in [7, 11) is 0. The summed E-state index contributed by atoms with van der Waals surface area (Å²) in [5.74, 6) is 1.80. The van der Waals surface area contributed by atoms with Gasteiger partial charge in [-0.3, -0.25) is 0 Å². The summed E-state index contributed by atoms with van der Waals surface area (Å²) in [6.45, 7) is 3.87. The van der Waals surface area contributed by atoms with Crippen molar-refractivity contribution in [2.45, 2.75) is 44.8 Å². The van der Waals surface area contributed by atoms with E-state index < -0.39 is 18.1 Å². The molecular formula is C24H25NO4. The smallest absolute Gasteiger partial charge is 0.407 e. The first-order valence-electron chi connectivity index (χ1n) is 9.80. The number of fused-ring (bicyclic) bond motifs is 3. The highest BCUT2D eigenvalue weighted by Gasteiger charge is 2.30. The molecule has 1 aliphatic rings. The average Bonchev–Trinajstić information content (AvgIpc) is 3.05. The van der Waals surface area contributed by atoms with Gasteiger partial charge in [-0.2, -0.15) is 0 Å². The number of nitrogens with one attached hydrogen (secondary N) is 1. The van der Waals surface area contributed by atoms with E-state index in [1.54, 1.807) is 6.92 Å². The molecule has 29 heavy (non-hydrogen) atoms. The zero-order valence-corrected chi connectivity index (χ0v) is 16.7. The van der Waals surface area contributed by atoms with Crippen LogP contribution in [0.2, 0.25) is 0 Å². The number of terminal acetylenes is 1. The van der Waals surface area contributed by atoms with Crippen molar-refractivity contribution < 1.29 is 19.1 Å². The fourth-order valence-electron chi connectivity index (χ4n) is 3.46. The molecule has 0 aromatic heterocycles. The Morgan fingerprint density at radius 1 is 1.10 bits per heavy atom. The number of benzene rings is 2. The predicted molar refractivity (Wildman–Crippen MR) is 111 cm³/mol. The maximum absolute atomic E-state index is 12.4. The number of rotatable bonds is 7. The van der Waals surface area contributed by atoms with E-state index in [1.807, 2.05) is 43.3 Å². The zero-order chi connectivity index (χ0) is 20.8. The Morgan fingerprint density at radius 2 is 1.69 bits per heavy atom. The highest BCUT2D eigenvalue weighted by Crippen LogP contribution is 2.44. The zero-order valence-electron chi connectivity index (χ0n) is 16.7. The van der Waals surface area contributed by atoms with Gasteiger partial charge in [-0.05, 0) is 35.6 Å². The van der Waals surface area contributed by atoms with Crippen LogP contribution in [0.1, 0.15) is 43.7 Å². The quantitative estimate of drug-likeness (QED) is 0.566. The van der Waals surface area contributed by atoms with Gasteiger partial charge in [0, 0.05) is 12.3 Å². The van der Waals surface area contributed by atoms with Gasteiger partial charge in [0.2, 0.25) is 0 Å². The molecule has 0 radical (unpaired) electrons. The molecule has 5 nitrogen and oxygen atoms in total. The minimum absolute atomic E-state index is 0.0411. The van der Waals surface area contributed by atoms with Gasteiger partial charge in [0.1, 0.15) is 12.6 Å². The van der Waals surface area contributed by atoms with Crippen molar-refractivity contribution in [2.75, 3.05) is 6.61 Å². The lowest BCUT2D eigenvalue weighted by Gasteiger charge is -2.19. The molecule has 0 saturated carbocycles. The Balaban J connectivity index is 1.66. The summed E-state index contributed by atoms with van der Waals surface area (Å²) < 4.78 is 10.8. The van der Waals surface area contributed by atoms with Crippen LogP contribution >= 0.6 is 0 Å². The highest BCUT2D eigenvalue weighted by atomic mass is 16.6. The molecule has 150 valence electrons. The average molecular weight is 391 g/mol. The molecule has 0 bridgehead atoms. The fraction of sp³-hybridized carbons (Fsp3) is 0.333. The van der Waals surface area contributed by atoms with Crippen molar-refractivity contribution in [1.29, 1.82) is 0 Å². The minimum Gasteiger partial charge on any atom is -0.461 e. The number of carbonyl (C=O) groups excluding carboxylic acids is 2.